The lowest BCUT2D eigenvalue weighted by Gasteiger charge is -2.28. The molecule has 1 N–H and O–H groups in total. The average Bonchev–Trinajstić information content (AvgIpc) is 2.89. The average molecular weight is 391 g/mol. The van der Waals surface area contributed by atoms with E-state index in [1.165, 1.54) is 0 Å². The molecule has 5 nitrogen and oxygen atoms in total. The number of aryl methyl sites for hydroxylation is 1. The number of carbonyl (C=O) groups is 2. The zero-order chi connectivity index (χ0) is 19.2. The molecule has 2 atom stereocenters. The summed E-state index contributed by atoms with van der Waals surface area (Å²) < 4.78 is 20.1. The van der Waals surface area contributed by atoms with Crippen LogP contribution in [0, 0.1) is 6.92 Å². The van der Waals surface area contributed by atoms with Crippen LogP contribution in [0.25, 0.3) is 0 Å². The fraction of sp³-hybridized carbons (Fsp3) is 0.263. The Kier molecular flexibility index (Phi) is 4.22. The van der Waals surface area contributed by atoms with Crippen LogP contribution in [-0.2, 0) is 4.79 Å². The Morgan fingerprint density at radius 2 is 2.15 bits per heavy atom. The lowest BCUT2D eigenvalue weighted by Crippen LogP contribution is -2.31. The fourth-order valence-corrected chi connectivity index (χ4v) is 4.22. The standard InChI is InChI=1S/C19H16ClNO4S/c1-10-2-5-15(14(20)8-10)25-11-3-4-12-13(6-7-24-16(12)9-11)17-18(22)21-19(23)26-17/h2-5,8-9,13,17H,6-7H2,1H3,(H,21,22,23)/i17D. The highest BCUT2D eigenvalue weighted by Crippen LogP contribution is 2.43. The Hall–Kier alpha value is -2.18. The SMILES string of the molecule is [2H]C1(C2CCOc3cc(Oc4ccc(C)cc4Cl)ccc32)SC(=O)NC1=O. The number of fused-ring (bicyclic) bond motifs is 1. The van der Waals surface area contributed by atoms with Gasteiger partial charge < -0.3 is 9.47 Å². The number of ether oxygens (including phenoxy) is 2. The summed E-state index contributed by atoms with van der Waals surface area (Å²) >= 11 is 6.94. The van der Waals surface area contributed by atoms with Crippen LogP contribution in [0.1, 0.15) is 24.8 Å². The number of carbonyl (C=O) groups excluding carboxylic acids is 2. The molecule has 26 heavy (non-hydrogen) atoms. The summed E-state index contributed by atoms with van der Waals surface area (Å²) in [6.45, 7) is 2.30. The van der Waals surface area contributed by atoms with Gasteiger partial charge in [0, 0.05) is 12.0 Å². The smallest absolute Gasteiger partial charge is 0.286 e. The molecule has 134 valence electrons. The molecule has 2 aliphatic rings. The molecule has 2 aliphatic heterocycles. The van der Waals surface area contributed by atoms with Crippen molar-refractivity contribution in [1.82, 2.24) is 5.32 Å². The van der Waals surface area contributed by atoms with Crippen molar-refractivity contribution in [3.63, 3.8) is 0 Å². The molecule has 2 aromatic carbocycles. The van der Waals surface area contributed by atoms with Crippen molar-refractivity contribution in [3.05, 3.63) is 52.5 Å². The maximum absolute atomic E-state index is 12.2. The first-order valence-corrected chi connectivity index (χ1v) is 9.31. The molecular formula is C19H16ClNO4S. The molecule has 0 spiro atoms. The van der Waals surface area contributed by atoms with Crippen LogP contribution in [-0.4, -0.2) is 23.0 Å². The third-order valence-electron chi connectivity index (χ3n) is 4.30. The number of hydrogen-bond acceptors (Lipinski definition) is 5. The van der Waals surface area contributed by atoms with Gasteiger partial charge in [-0.2, -0.15) is 0 Å². The zero-order valence-corrected chi connectivity index (χ0v) is 15.4. The lowest BCUT2D eigenvalue weighted by atomic mass is 9.89. The summed E-state index contributed by atoms with van der Waals surface area (Å²) in [6, 6.07) is 10.8. The maximum Gasteiger partial charge on any atom is 0.286 e. The first-order chi connectivity index (χ1) is 12.9. The van der Waals surface area contributed by atoms with Crippen LogP contribution < -0.4 is 14.8 Å². The summed E-state index contributed by atoms with van der Waals surface area (Å²) in [7, 11) is 0. The number of thioether (sulfide) groups is 1. The van der Waals surface area contributed by atoms with Crippen LogP contribution in [0.2, 0.25) is 5.02 Å². The Morgan fingerprint density at radius 3 is 2.88 bits per heavy atom. The molecule has 2 aromatic rings. The highest BCUT2D eigenvalue weighted by atomic mass is 35.5. The molecule has 0 bridgehead atoms. The number of rotatable bonds is 3. The van der Waals surface area contributed by atoms with Gasteiger partial charge in [-0.05, 0) is 42.7 Å². The van der Waals surface area contributed by atoms with E-state index >= 15 is 0 Å². The van der Waals surface area contributed by atoms with Gasteiger partial charge in [0.1, 0.15) is 22.5 Å². The maximum atomic E-state index is 12.2. The van der Waals surface area contributed by atoms with Crippen molar-refractivity contribution in [2.45, 2.75) is 24.5 Å². The van der Waals surface area contributed by atoms with Crippen molar-refractivity contribution in [3.8, 4) is 17.2 Å². The fourth-order valence-electron chi connectivity index (χ4n) is 3.08. The number of imide groups is 1. The summed E-state index contributed by atoms with van der Waals surface area (Å²) in [5.74, 6) is 0.588. The van der Waals surface area contributed by atoms with Crippen LogP contribution >= 0.6 is 23.4 Å². The van der Waals surface area contributed by atoms with Crippen LogP contribution in [0.4, 0.5) is 4.79 Å². The van der Waals surface area contributed by atoms with Gasteiger partial charge in [-0.15, -0.1) is 0 Å². The van der Waals surface area contributed by atoms with Gasteiger partial charge in [-0.3, -0.25) is 14.9 Å². The Bertz CT molecular complexity index is 953. The van der Waals surface area contributed by atoms with Crippen molar-refractivity contribution in [2.75, 3.05) is 6.61 Å². The summed E-state index contributed by atoms with van der Waals surface area (Å²) in [6.07, 6.45) is 0.480. The molecular weight excluding hydrogens is 374 g/mol. The van der Waals surface area contributed by atoms with Crippen molar-refractivity contribution < 1.29 is 20.4 Å². The minimum Gasteiger partial charge on any atom is -0.493 e. The number of halogens is 1. The number of nitrogens with one attached hydrogen (secondary N) is 1. The molecule has 0 radical (unpaired) electrons. The van der Waals surface area contributed by atoms with E-state index in [1.54, 1.807) is 24.3 Å². The second-order valence-electron chi connectivity index (χ2n) is 6.13. The molecule has 2 unspecified atom stereocenters. The lowest BCUT2D eigenvalue weighted by molar-refractivity contribution is -0.119. The van der Waals surface area contributed by atoms with E-state index in [1.807, 2.05) is 19.1 Å². The van der Waals surface area contributed by atoms with Gasteiger partial charge in [-0.25, -0.2) is 0 Å². The van der Waals surface area contributed by atoms with Gasteiger partial charge in [-0.1, -0.05) is 35.5 Å². The topological polar surface area (TPSA) is 64.6 Å². The first-order valence-electron chi connectivity index (χ1n) is 8.62. The summed E-state index contributed by atoms with van der Waals surface area (Å²) in [5, 5.41) is 0.642. The molecule has 0 aliphatic carbocycles. The molecule has 2 heterocycles. The second-order valence-corrected chi connectivity index (χ2v) is 7.56. The zero-order valence-electron chi connectivity index (χ0n) is 14.9. The van der Waals surface area contributed by atoms with E-state index in [9.17, 15) is 9.59 Å². The third kappa shape index (κ3) is 3.27. The van der Waals surface area contributed by atoms with E-state index in [0.717, 1.165) is 22.9 Å². The van der Waals surface area contributed by atoms with E-state index in [0.29, 0.717) is 35.3 Å². The second kappa shape index (κ2) is 6.85. The molecule has 4 rings (SSSR count). The van der Waals surface area contributed by atoms with Crippen molar-refractivity contribution >= 4 is 34.5 Å². The van der Waals surface area contributed by atoms with E-state index in [4.69, 9.17) is 22.4 Å². The van der Waals surface area contributed by atoms with Gasteiger partial charge in [0.15, 0.2) is 0 Å². The number of benzene rings is 2. The quantitative estimate of drug-likeness (QED) is 0.825. The number of hydrogen-bond donors (Lipinski definition) is 1. The molecule has 1 fully saturated rings. The highest BCUT2D eigenvalue weighted by Gasteiger charge is 2.40. The molecule has 1 saturated heterocycles. The molecule has 0 saturated carbocycles. The number of amides is 2. The highest BCUT2D eigenvalue weighted by molar-refractivity contribution is 8.15. The Balaban J connectivity index is 1.64. The third-order valence-corrected chi connectivity index (χ3v) is 5.57. The van der Waals surface area contributed by atoms with Gasteiger partial charge >= 0.3 is 0 Å². The predicted molar refractivity (Wildman–Crippen MR) is 100 cm³/mol. The first kappa shape index (κ1) is 16.0. The molecule has 2 amide bonds. The largest absolute Gasteiger partial charge is 0.493 e. The normalized spacial score (nSPS) is 25.2. The van der Waals surface area contributed by atoms with Crippen LogP contribution in [0.15, 0.2) is 36.4 Å². The Morgan fingerprint density at radius 1 is 1.31 bits per heavy atom. The van der Waals surface area contributed by atoms with E-state index in [2.05, 4.69) is 5.32 Å². The minimum atomic E-state index is -1.59. The van der Waals surface area contributed by atoms with E-state index in [-0.39, 0.29) is 0 Å². The van der Waals surface area contributed by atoms with Crippen molar-refractivity contribution in [1.29, 1.82) is 0 Å². The molecule has 0 aromatic heterocycles. The van der Waals surface area contributed by atoms with Gasteiger partial charge in [0.25, 0.3) is 5.24 Å². The Labute approximate surface area is 161 Å². The van der Waals surface area contributed by atoms with Crippen molar-refractivity contribution in [2.24, 2.45) is 0 Å². The minimum absolute atomic E-state index is 0.356. The van der Waals surface area contributed by atoms with Gasteiger partial charge in [0.2, 0.25) is 5.91 Å². The molecule has 7 heteroatoms. The van der Waals surface area contributed by atoms with E-state index < -0.39 is 22.3 Å². The summed E-state index contributed by atoms with van der Waals surface area (Å²) in [5.41, 5.74) is 1.75. The van der Waals surface area contributed by atoms with Gasteiger partial charge in [0.05, 0.1) is 13.0 Å². The van der Waals surface area contributed by atoms with Crippen LogP contribution in [0.5, 0.6) is 17.2 Å². The predicted octanol–water partition coefficient (Wildman–Crippen LogP) is 4.66. The monoisotopic (exact) mass is 390 g/mol. The van der Waals surface area contributed by atoms with Crippen LogP contribution in [0.3, 0.4) is 0 Å². The summed E-state index contributed by atoms with van der Waals surface area (Å²) in [4.78, 5) is 23.8.